The maximum atomic E-state index is 11.7. The number of benzene rings is 1. The van der Waals surface area contributed by atoms with Gasteiger partial charge in [-0.05, 0) is 69.7 Å². The summed E-state index contributed by atoms with van der Waals surface area (Å²) in [7, 11) is 0. The lowest BCUT2D eigenvalue weighted by molar-refractivity contribution is 0.0636. The fraction of sp³-hybridized carbons (Fsp3) is 0.588. The molecule has 0 bridgehead atoms. The fourth-order valence-electron chi connectivity index (χ4n) is 2.89. The first-order valence-electron chi connectivity index (χ1n) is 7.65. The molecule has 1 amide bonds. The number of anilines is 1. The molecule has 0 aromatic heterocycles. The summed E-state index contributed by atoms with van der Waals surface area (Å²) in [5, 5.41) is 2.76. The van der Waals surface area contributed by atoms with Crippen molar-refractivity contribution in [2.75, 3.05) is 11.9 Å². The molecule has 1 aromatic carbocycles. The van der Waals surface area contributed by atoms with Crippen molar-refractivity contribution in [3.05, 3.63) is 29.8 Å². The Bertz CT molecular complexity index is 485. The van der Waals surface area contributed by atoms with Crippen molar-refractivity contribution < 1.29 is 9.53 Å². The first-order chi connectivity index (χ1) is 9.85. The summed E-state index contributed by atoms with van der Waals surface area (Å²) in [6.07, 6.45) is 4.31. The minimum Gasteiger partial charge on any atom is -0.444 e. The van der Waals surface area contributed by atoms with Crippen LogP contribution in [-0.2, 0) is 10.2 Å². The van der Waals surface area contributed by atoms with Gasteiger partial charge in [-0.3, -0.25) is 5.32 Å². The number of ether oxygens (including phenoxy) is 1. The molecule has 4 nitrogen and oxygen atoms in total. The lowest BCUT2D eigenvalue weighted by atomic mass is 9.62. The Hall–Kier alpha value is -1.55. The third-order valence-electron chi connectivity index (χ3n) is 4.08. The van der Waals surface area contributed by atoms with Gasteiger partial charge in [0.1, 0.15) is 5.60 Å². The highest BCUT2D eigenvalue weighted by Gasteiger charge is 2.37. The monoisotopic (exact) mass is 290 g/mol. The van der Waals surface area contributed by atoms with Crippen LogP contribution in [0.5, 0.6) is 0 Å². The zero-order valence-electron chi connectivity index (χ0n) is 13.2. The molecule has 0 atom stereocenters. The van der Waals surface area contributed by atoms with E-state index >= 15 is 0 Å². The lowest BCUT2D eigenvalue weighted by Gasteiger charge is -2.42. The molecule has 1 aliphatic carbocycles. The molecule has 1 aliphatic rings. The molecule has 0 aliphatic heterocycles. The van der Waals surface area contributed by atoms with E-state index in [1.54, 1.807) is 0 Å². The summed E-state index contributed by atoms with van der Waals surface area (Å²) in [5.74, 6) is 0. The highest BCUT2D eigenvalue weighted by Crippen LogP contribution is 2.46. The van der Waals surface area contributed by atoms with Gasteiger partial charge in [-0.15, -0.1) is 0 Å². The predicted molar refractivity (Wildman–Crippen MR) is 85.5 cm³/mol. The molecule has 116 valence electrons. The van der Waals surface area contributed by atoms with Gasteiger partial charge in [0, 0.05) is 5.69 Å². The van der Waals surface area contributed by atoms with Crippen LogP contribution in [0.2, 0.25) is 0 Å². The molecule has 21 heavy (non-hydrogen) atoms. The molecule has 1 aromatic rings. The Morgan fingerprint density at radius 3 is 2.33 bits per heavy atom. The Balaban J connectivity index is 2.01. The maximum Gasteiger partial charge on any atom is 0.412 e. The second-order valence-electron chi connectivity index (χ2n) is 6.88. The fourth-order valence-corrected chi connectivity index (χ4v) is 2.89. The molecule has 0 saturated heterocycles. The van der Waals surface area contributed by atoms with Crippen LogP contribution >= 0.6 is 0 Å². The van der Waals surface area contributed by atoms with E-state index in [9.17, 15) is 4.79 Å². The number of carbonyl (C=O) groups excluding carboxylic acids is 1. The van der Waals surface area contributed by atoms with Crippen molar-refractivity contribution in [3.8, 4) is 0 Å². The second-order valence-corrected chi connectivity index (χ2v) is 6.88. The van der Waals surface area contributed by atoms with E-state index in [0.29, 0.717) is 0 Å². The second kappa shape index (κ2) is 6.06. The van der Waals surface area contributed by atoms with Gasteiger partial charge in [0.15, 0.2) is 0 Å². The maximum absolute atomic E-state index is 11.7. The molecule has 2 rings (SSSR count). The van der Waals surface area contributed by atoms with Gasteiger partial charge in [0.05, 0.1) is 0 Å². The van der Waals surface area contributed by atoms with E-state index in [-0.39, 0.29) is 5.41 Å². The quantitative estimate of drug-likeness (QED) is 0.886. The van der Waals surface area contributed by atoms with Gasteiger partial charge < -0.3 is 10.5 Å². The van der Waals surface area contributed by atoms with Gasteiger partial charge in [-0.2, -0.15) is 0 Å². The number of nitrogens with one attached hydrogen (secondary N) is 1. The molecule has 4 heteroatoms. The van der Waals surface area contributed by atoms with Gasteiger partial charge in [-0.1, -0.05) is 18.6 Å². The van der Waals surface area contributed by atoms with Crippen LogP contribution in [0.15, 0.2) is 24.3 Å². The number of hydrogen-bond donors (Lipinski definition) is 2. The molecule has 0 unspecified atom stereocenters. The minimum absolute atomic E-state index is 0.263. The van der Waals surface area contributed by atoms with Crippen LogP contribution in [0.1, 0.15) is 52.0 Å². The van der Waals surface area contributed by atoms with Crippen LogP contribution in [0.4, 0.5) is 10.5 Å². The van der Waals surface area contributed by atoms with Crippen LogP contribution in [0.3, 0.4) is 0 Å². The van der Waals surface area contributed by atoms with E-state index < -0.39 is 11.7 Å². The van der Waals surface area contributed by atoms with Crippen LogP contribution in [0.25, 0.3) is 0 Å². The molecular weight excluding hydrogens is 264 g/mol. The summed E-state index contributed by atoms with van der Waals surface area (Å²) >= 11 is 0. The lowest BCUT2D eigenvalue weighted by Crippen LogP contribution is -2.36. The van der Waals surface area contributed by atoms with E-state index in [1.165, 1.54) is 24.8 Å². The van der Waals surface area contributed by atoms with E-state index in [2.05, 4.69) is 17.4 Å². The van der Waals surface area contributed by atoms with Crippen LogP contribution < -0.4 is 11.1 Å². The minimum atomic E-state index is -0.485. The highest BCUT2D eigenvalue weighted by atomic mass is 16.6. The number of carbonyl (C=O) groups is 1. The number of hydrogen-bond acceptors (Lipinski definition) is 3. The Morgan fingerprint density at radius 1 is 1.29 bits per heavy atom. The van der Waals surface area contributed by atoms with Crippen molar-refractivity contribution in [1.29, 1.82) is 0 Å². The van der Waals surface area contributed by atoms with Gasteiger partial charge in [0.25, 0.3) is 0 Å². The summed E-state index contributed by atoms with van der Waals surface area (Å²) in [4.78, 5) is 11.7. The largest absolute Gasteiger partial charge is 0.444 e. The van der Waals surface area contributed by atoms with Gasteiger partial charge >= 0.3 is 6.09 Å². The number of amides is 1. The first kappa shape index (κ1) is 15.8. The van der Waals surface area contributed by atoms with Gasteiger partial charge in [-0.25, -0.2) is 4.79 Å². The molecule has 0 heterocycles. The summed E-state index contributed by atoms with van der Waals surface area (Å²) in [5.41, 5.74) is 7.61. The predicted octanol–water partition coefficient (Wildman–Crippen LogP) is 3.80. The van der Waals surface area contributed by atoms with Crippen molar-refractivity contribution >= 4 is 11.8 Å². The first-order valence-corrected chi connectivity index (χ1v) is 7.65. The average molecular weight is 290 g/mol. The zero-order valence-corrected chi connectivity index (χ0v) is 13.2. The number of nitrogens with two attached hydrogens (primary N) is 1. The summed E-state index contributed by atoms with van der Waals surface area (Å²) in [6.45, 7) is 6.27. The van der Waals surface area contributed by atoms with Crippen LogP contribution in [-0.4, -0.2) is 18.2 Å². The zero-order chi connectivity index (χ0) is 15.5. The third-order valence-corrected chi connectivity index (χ3v) is 4.08. The molecule has 1 saturated carbocycles. The average Bonchev–Trinajstić information content (AvgIpc) is 2.32. The van der Waals surface area contributed by atoms with Crippen molar-refractivity contribution in [1.82, 2.24) is 0 Å². The summed E-state index contributed by atoms with van der Waals surface area (Å²) in [6, 6.07) is 8.08. The SMILES string of the molecule is CC(C)(C)OC(=O)Nc1ccc(C2(CCN)CCC2)cc1. The molecule has 3 N–H and O–H groups in total. The molecule has 1 fully saturated rings. The van der Waals surface area contributed by atoms with E-state index in [1.807, 2.05) is 32.9 Å². The topological polar surface area (TPSA) is 64.3 Å². The van der Waals surface area contributed by atoms with Crippen LogP contribution in [0, 0.1) is 0 Å². The Kier molecular flexibility index (Phi) is 4.57. The smallest absolute Gasteiger partial charge is 0.412 e. The van der Waals surface area contributed by atoms with E-state index in [4.69, 9.17) is 10.5 Å². The molecular formula is C17H26N2O2. The van der Waals surface area contributed by atoms with Crippen molar-refractivity contribution in [3.63, 3.8) is 0 Å². The standard InChI is InChI=1S/C17H26N2O2/c1-16(2,3)21-15(20)19-14-7-5-13(6-8-14)17(11-12-18)9-4-10-17/h5-8H,4,9-12,18H2,1-3H3,(H,19,20). The van der Waals surface area contributed by atoms with Crippen molar-refractivity contribution in [2.24, 2.45) is 5.73 Å². The number of rotatable bonds is 4. The Labute approximate surface area is 127 Å². The molecule has 0 spiro atoms. The normalized spacial score (nSPS) is 17.0. The third kappa shape index (κ3) is 3.97. The molecule has 0 radical (unpaired) electrons. The van der Waals surface area contributed by atoms with Crippen molar-refractivity contribution in [2.45, 2.75) is 57.5 Å². The van der Waals surface area contributed by atoms with Gasteiger partial charge in [0.2, 0.25) is 0 Å². The Morgan fingerprint density at radius 2 is 1.90 bits per heavy atom. The highest BCUT2D eigenvalue weighted by molar-refractivity contribution is 5.84. The summed E-state index contributed by atoms with van der Waals surface area (Å²) < 4.78 is 5.24. The van der Waals surface area contributed by atoms with E-state index in [0.717, 1.165) is 18.7 Å².